The monoisotopic (exact) mass is 185 g/mol. The quantitative estimate of drug-likeness (QED) is 0.723. The molecule has 1 saturated carbocycles. The zero-order valence-corrected chi connectivity index (χ0v) is 8.71. The van der Waals surface area contributed by atoms with Crippen LogP contribution >= 0.6 is 0 Å². The van der Waals surface area contributed by atoms with Crippen LogP contribution in [0.5, 0.6) is 0 Å². The fourth-order valence-electron chi connectivity index (χ4n) is 1.72. The van der Waals surface area contributed by atoms with Crippen LogP contribution in [-0.2, 0) is 4.79 Å². The van der Waals surface area contributed by atoms with Gasteiger partial charge in [-0.3, -0.25) is 9.69 Å². The predicted molar refractivity (Wildman–Crippen MR) is 51.7 cm³/mol. The average molecular weight is 185 g/mol. The Kier molecular flexibility index (Phi) is 2.96. The molecule has 1 aliphatic rings. The van der Waals surface area contributed by atoms with Gasteiger partial charge in [0.25, 0.3) is 0 Å². The number of nitrogens with zero attached hydrogens (tertiary/aromatic N) is 1. The number of hydrogen-bond donors (Lipinski definition) is 1. The van der Waals surface area contributed by atoms with Crippen molar-refractivity contribution in [2.24, 2.45) is 5.92 Å². The maximum Gasteiger partial charge on any atom is 0.323 e. The van der Waals surface area contributed by atoms with E-state index in [4.69, 9.17) is 5.11 Å². The Bertz CT molecular complexity index is 199. The number of likely N-dealkylation sites (N-methyl/N-ethyl adjacent to an activating group) is 1. The molecule has 0 amide bonds. The minimum Gasteiger partial charge on any atom is -0.480 e. The van der Waals surface area contributed by atoms with Crippen molar-refractivity contribution in [1.82, 2.24) is 4.90 Å². The highest BCUT2D eigenvalue weighted by atomic mass is 16.4. The summed E-state index contributed by atoms with van der Waals surface area (Å²) >= 11 is 0. The molecule has 1 atom stereocenters. The van der Waals surface area contributed by atoms with Gasteiger partial charge in [0, 0.05) is 0 Å². The van der Waals surface area contributed by atoms with E-state index in [0.29, 0.717) is 5.92 Å². The lowest BCUT2D eigenvalue weighted by Gasteiger charge is -2.38. The van der Waals surface area contributed by atoms with Gasteiger partial charge in [0.05, 0.1) is 0 Å². The molecule has 0 bridgehead atoms. The number of hydrogen-bond acceptors (Lipinski definition) is 2. The SMILES string of the molecule is CN(C)C(C)(CC1CCC1)C(=O)O. The summed E-state index contributed by atoms with van der Waals surface area (Å²) in [5, 5.41) is 9.13. The molecule has 0 saturated heterocycles. The summed E-state index contributed by atoms with van der Waals surface area (Å²) in [7, 11) is 3.68. The van der Waals surface area contributed by atoms with Crippen molar-refractivity contribution in [3.05, 3.63) is 0 Å². The van der Waals surface area contributed by atoms with Crippen LogP contribution in [0.3, 0.4) is 0 Å². The molecule has 1 unspecified atom stereocenters. The number of carboxylic acid groups (broad SMARTS) is 1. The Morgan fingerprint density at radius 1 is 1.54 bits per heavy atom. The highest BCUT2D eigenvalue weighted by Crippen LogP contribution is 2.35. The molecule has 1 N–H and O–H groups in total. The number of rotatable bonds is 4. The molecule has 0 aromatic rings. The summed E-state index contributed by atoms with van der Waals surface area (Å²) in [6.07, 6.45) is 4.47. The van der Waals surface area contributed by atoms with Gasteiger partial charge in [-0.25, -0.2) is 0 Å². The minimum absolute atomic E-state index is 0.628. The van der Waals surface area contributed by atoms with Gasteiger partial charge in [0.1, 0.15) is 5.54 Å². The summed E-state index contributed by atoms with van der Waals surface area (Å²) in [4.78, 5) is 12.9. The first-order valence-corrected chi connectivity index (χ1v) is 4.87. The third-order valence-corrected chi connectivity index (χ3v) is 3.36. The zero-order chi connectivity index (χ0) is 10.1. The van der Waals surface area contributed by atoms with Gasteiger partial charge in [-0.2, -0.15) is 0 Å². The van der Waals surface area contributed by atoms with Gasteiger partial charge in [0.2, 0.25) is 0 Å². The number of carbonyl (C=O) groups is 1. The molecule has 0 aliphatic heterocycles. The summed E-state index contributed by atoms with van der Waals surface area (Å²) in [6.45, 7) is 1.81. The van der Waals surface area contributed by atoms with Crippen LogP contribution in [-0.4, -0.2) is 35.6 Å². The van der Waals surface area contributed by atoms with Gasteiger partial charge in [0.15, 0.2) is 0 Å². The molecule has 0 radical (unpaired) electrons. The van der Waals surface area contributed by atoms with E-state index in [0.717, 1.165) is 6.42 Å². The van der Waals surface area contributed by atoms with Crippen LogP contribution < -0.4 is 0 Å². The van der Waals surface area contributed by atoms with Crippen molar-refractivity contribution in [3.63, 3.8) is 0 Å². The van der Waals surface area contributed by atoms with Gasteiger partial charge in [-0.05, 0) is 33.4 Å². The maximum atomic E-state index is 11.1. The lowest BCUT2D eigenvalue weighted by Crippen LogP contribution is -2.50. The highest BCUT2D eigenvalue weighted by molar-refractivity contribution is 5.78. The number of carboxylic acids is 1. The zero-order valence-electron chi connectivity index (χ0n) is 8.71. The Hall–Kier alpha value is -0.570. The fraction of sp³-hybridized carbons (Fsp3) is 0.900. The molecular formula is C10H19NO2. The smallest absolute Gasteiger partial charge is 0.323 e. The normalized spacial score (nSPS) is 22.5. The van der Waals surface area contributed by atoms with Crippen LogP contribution in [0.25, 0.3) is 0 Å². The van der Waals surface area contributed by atoms with Crippen molar-refractivity contribution < 1.29 is 9.90 Å². The Morgan fingerprint density at radius 2 is 2.08 bits per heavy atom. The van der Waals surface area contributed by atoms with E-state index < -0.39 is 11.5 Å². The first-order chi connectivity index (χ1) is 5.97. The third-order valence-electron chi connectivity index (χ3n) is 3.36. The largest absolute Gasteiger partial charge is 0.480 e. The minimum atomic E-state index is -0.704. The third kappa shape index (κ3) is 2.02. The highest BCUT2D eigenvalue weighted by Gasteiger charge is 2.39. The van der Waals surface area contributed by atoms with Gasteiger partial charge < -0.3 is 5.11 Å². The van der Waals surface area contributed by atoms with Crippen molar-refractivity contribution in [1.29, 1.82) is 0 Å². The molecule has 3 nitrogen and oxygen atoms in total. The molecule has 0 heterocycles. The predicted octanol–water partition coefficient (Wildman–Crippen LogP) is 1.58. The van der Waals surface area contributed by atoms with E-state index in [1.165, 1.54) is 19.3 Å². The van der Waals surface area contributed by atoms with Crippen LogP contribution in [0.1, 0.15) is 32.6 Å². The Labute approximate surface area is 79.7 Å². The topological polar surface area (TPSA) is 40.5 Å². The van der Waals surface area contributed by atoms with E-state index in [9.17, 15) is 4.79 Å². The van der Waals surface area contributed by atoms with Crippen LogP contribution in [0.4, 0.5) is 0 Å². The van der Waals surface area contributed by atoms with Gasteiger partial charge in [-0.1, -0.05) is 19.3 Å². The standard InChI is InChI=1S/C10H19NO2/c1-10(9(12)13,11(2)3)7-8-5-4-6-8/h8H,4-7H2,1-3H3,(H,12,13). The molecule has 1 fully saturated rings. The van der Waals surface area contributed by atoms with E-state index in [2.05, 4.69) is 0 Å². The van der Waals surface area contributed by atoms with Crippen molar-refractivity contribution in [2.45, 2.75) is 38.1 Å². The molecule has 1 rings (SSSR count). The van der Waals surface area contributed by atoms with E-state index in [-0.39, 0.29) is 0 Å². The molecule has 13 heavy (non-hydrogen) atoms. The van der Waals surface area contributed by atoms with Gasteiger partial charge >= 0.3 is 5.97 Å². The molecular weight excluding hydrogens is 166 g/mol. The van der Waals surface area contributed by atoms with Crippen LogP contribution in [0.15, 0.2) is 0 Å². The molecule has 0 aromatic heterocycles. The van der Waals surface area contributed by atoms with Crippen LogP contribution in [0, 0.1) is 5.92 Å². The second-order valence-electron chi connectivity index (χ2n) is 4.47. The summed E-state index contributed by atoms with van der Waals surface area (Å²) in [5.74, 6) is -0.0760. The fourth-order valence-corrected chi connectivity index (χ4v) is 1.72. The second-order valence-corrected chi connectivity index (χ2v) is 4.47. The Morgan fingerprint density at radius 3 is 2.31 bits per heavy atom. The summed E-state index contributed by atoms with van der Waals surface area (Å²) in [5.41, 5.74) is -0.676. The lowest BCUT2D eigenvalue weighted by atomic mass is 9.76. The van der Waals surface area contributed by atoms with Crippen molar-refractivity contribution in [2.75, 3.05) is 14.1 Å². The van der Waals surface area contributed by atoms with Crippen LogP contribution in [0.2, 0.25) is 0 Å². The molecule has 0 spiro atoms. The molecule has 3 heteroatoms. The van der Waals surface area contributed by atoms with Gasteiger partial charge in [-0.15, -0.1) is 0 Å². The van der Waals surface area contributed by atoms with E-state index >= 15 is 0 Å². The Balaban J connectivity index is 2.60. The van der Waals surface area contributed by atoms with Crippen molar-refractivity contribution >= 4 is 5.97 Å². The summed E-state index contributed by atoms with van der Waals surface area (Å²) in [6, 6.07) is 0. The average Bonchev–Trinajstić information content (AvgIpc) is 1.95. The lowest BCUT2D eigenvalue weighted by molar-refractivity contribution is -0.150. The van der Waals surface area contributed by atoms with E-state index in [1.54, 1.807) is 0 Å². The van der Waals surface area contributed by atoms with Crippen molar-refractivity contribution in [3.8, 4) is 0 Å². The maximum absolute atomic E-state index is 11.1. The molecule has 76 valence electrons. The first kappa shape index (κ1) is 10.5. The molecule has 0 aromatic carbocycles. The molecule has 1 aliphatic carbocycles. The first-order valence-electron chi connectivity index (χ1n) is 4.87. The number of aliphatic carboxylic acids is 1. The van der Waals surface area contributed by atoms with E-state index in [1.807, 2.05) is 25.9 Å². The second kappa shape index (κ2) is 3.66. The summed E-state index contributed by atoms with van der Waals surface area (Å²) < 4.78 is 0.